The van der Waals surface area contributed by atoms with Gasteiger partial charge in [-0.05, 0) is 13.8 Å². The number of carbonyl (C=O) groups excluding carboxylic acids is 1. The molecule has 50 valence electrons. The highest BCUT2D eigenvalue weighted by Crippen LogP contribution is 2.09. The SMILES string of the molecule is C#CC(C)(C)CNC=O. The molecule has 2 nitrogen and oxygen atoms in total. The van der Waals surface area contributed by atoms with E-state index in [1.54, 1.807) is 0 Å². The molecule has 0 aromatic carbocycles. The van der Waals surface area contributed by atoms with Crippen molar-refractivity contribution < 1.29 is 4.79 Å². The number of hydrogen-bond acceptors (Lipinski definition) is 1. The van der Waals surface area contributed by atoms with Crippen molar-refractivity contribution in [2.75, 3.05) is 6.54 Å². The Labute approximate surface area is 55.6 Å². The van der Waals surface area contributed by atoms with E-state index in [0.29, 0.717) is 13.0 Å². The van der Waals surface area contributed by atoms with Gasteiger partial charge in [0.15, 0.2) is 0 Å². The number of hydrogen-bond donors (Lipinski definition) is 1. The van der Waals surface area contributed by atoms with Gasteiger partial charge in [0.1, 0.15) is 0 Å². The molecule has 0 rings (SSSR count). The summed E-state index contributed by atoms with van der Waals surface area (Å²) in [6.07, 6.45) is 5.79. The first-order valence-electron chi connectivity index (χ1n) is 2.77. The Morgan fingerprint density at radius 1 is 1.78 bits per heavy atom. The minimum Gasteiger partial charge on any atom is -0.357 e. The van der Waals surface area contributed by atoms with E-state index in [1.165, 1.54) is 0 Å². The summed E-state index contributed by atoms with van der Waals surface area (Å²) in [5.41, 5.74) is -0.221. The molecular formula is C7H11NO. The smallest absolute Gasteiger partial charge is 0.207 e. The number of carbonyl (C=O) groups is 1. The second-order valence-electron chi connectivity index (χ2n) is 2.53. The van der Waals surface area contributed by atoms with E-state index in [9.17, 15) is 4.79 Å². The van der Waals surface area contributed by atoms with Crippen LogP contribution in [0.3, 0.4) is 0 Å². The van der Waals surface area contributed by atoms with Gasteiger partial charge in [-0.1, -0.05) is 5.92 Å². The maximum Gasteiger partial charge on any atom is 0.207 e. The summed E-state index contributed by atoms with van der Waals surface area (Å²) in [4.78, 5) is 9.79. The Morgan fingerprint density at radius 3 is 2.67 bits per heavy atom. The van der Waals surface area contributed by atoms with Gasteiger partial charge in [-0.15, -0.1) is 6.42 Å². The van der Waals surface area contributed by atoms with Crippen LogP contribution in [0.15, 0.2) is 0 Å². The van der Waals surface area contributed by atoms with E-state index >= 15 is 0 Å². The highest BCUT2D eigenvalue weighted by molar-refractivity contribution is 5.46. The molecule has 0 unspecified atom stereocenters. The third-order valence-corrected chi connectivity index (χ3v) is 1.02. The van der Waals surface area contributed by atoms with Crippen LogP contribution in [0.1, 0.15) is 13.8 Å². The number of terminal acetylenes is 1. The Bertz CT molecular complexity index is 132. The molecule has 0 aliphatic carbocycles. The minimum absolute atomic E-state index is 0.221. The molecule has 0 aliphatic heterocycles. The van der Waals surface area contributed by atoms with Crippen molar-refractivity contribution in [3.63, 3.8) is 0 Å². The van der Waals surface area contributed by atoms with Gasteiger partial charge >= 0.3 is 0 Å². The van der Waals surface area contributed by atoms with Crippen LogP contribution >= 0.6 is 0 Å². The van der Waals surface area contributed by atoms with Crippen LogP contribution in [0.4, 0.5) is 0 Å². The third-order valence-electron chi connectivity index (χ3n) is 1.02. The first-order chi connectivity index (χ1) is 4.12. The van der Waals surface area contributed by atoms with Crippen molar-refractivity contribution >= 4 is 6.41 Å². The maximum absolute atomic E-state index is 9.79. The van der Waals surface area contributed by atoms with Crippen molar-refractivity contribution in [1.29, 1.82) is 0 Å². The fourth-order valence-corrected chi connectivity index (χ4v) is 0.348. The minimum atomic E-state index is -0.221. The summed E-state index contributed by atoms with van der Waals surface area (Å²) < 4.78 is 0. The topological polar surface area (TPSA) is 29.1 Å². The molecule has 0 spiro atoms. The summed E-state index contributed by atoms with van der Waals surface area (Å²) in [6.45, 7) is 4.32. The normalized spacial score (nSPS) is 9.89. The van der Waals surface area contributed by atoms with Crippen LogP contribution in [-0.2, 0) is 4.79 Å². The first-order valence-corrected chi connectivity index (χ1v) is 2.77. The van der Waals surface area contributed by atoms with E-state index in [1.807, 2.05) is 13.8 Å². The standard InChI is InChI=1S/C7H11NO/c1-4-7(2,3)5-8-6-9/h1,6H,5H2,2-3H3,(H,8,9). The van der Waals surface area contributed by atoms with Crippen LogP contribution in [0, 0.1) is 17.8 Å². The van der Waals surface area contributed by atoms with E-state index in [2.05, 4.69) is 11.2 Å². The van der Waals surface area contributed by atoms with Gasteiger partial charge in [-0.2, -0.15) is 0 Å². The van der Waals surface area contributed by atoms with Gasteiger partial charge in [-0.3, -0.25) is 4.79 Å². The quantitative estimate of drug-likeness (QED) is 0.429. The highest BCUT2D eigenvalue weighted by Gasteiger charge is 2.11. The molecule has 0 atom stereocenters. The lowest BCUT2D eigenvalue weighted by molar-refractivity contribution is -0.109. The monoisotopic (exact) mass is 125 g/mol. The van der Waals surface area contributed by atoms with Crippen molar-refractivity contribution in [3.05, 3.63) is 0 Å². The van der Waals surface area contributed by atoms with E-state index in [0.717, 1.165) is 0 Å². The van der Waals surface area contributed by atoms with Gasteiger partial charge in [0.2, 0.25) is 6.41 Å². The van der Waals surface area contributed by atoms with Crippen LogP contribution in [0.5, 0.6) is 0 Å². The van der Waals surface area contributed by atoms with Crippen molar-refractivity contribution in [1.82, 2.24) is 5.32 Å². The summed E-state index contributed by atoms with van der Waals surface area (Å²) in [5.74, 6) is 2.55. The van der Waals surface area contributed by atoms with E-state index in [-0.39, 0.29) is 5.41 Å². The van der Waals surface area contributed by atoms with Gasteiger partial charge in [0.25, 0.3) is 0 Å². The van der Waals surface area contributed by atoms with Crippen LogP contribution in [0.2, 0.25) is 0 Å². The average molecular weight is 125 g/mol. The molecule has 1 amide bonds. The predicted octanol–water partition coefficient (Wildman–Crippen LogP) is 0.392. The lowest BCUT2D eigenvalue weighted by Crippen LogP contribution is -2.26. The Kier molecular flexibility index (Phi) is 2.80. The second-order valence-corrected chi connectivity index (χ2v) is 2.53. The molecule has 0 heterocycles. The lowest BCUT2D eigenvalue weighted by atomic mass is 9.95. The summed E-state index contributed by atoms with van der Waals surface area (Å²) in [5, 5.41) is 2.52. The fraction of sp³-hybridized carbons (Fsp3) is 0.571. The Balaban J connectivity index is 3.61. The van der Waals surface area contributed by atoms with Crippen LogP contribution in [0.25, 0.3) is 0 Å². The zero-order chi connectivity index (χ0) is 7.33. The molecule has 0 saturated carbocycles. The molecule has 0 radical (unpaired) electrons. The maximum atomic E-state index is 9.79. The molecule has 0 saturated heterocycles. The number of amides is 1. The van der Waals surface area contributed by atoms with E-state index < -0.39 is 0 Å². The molecule has 0 fully saturated rings. The lowest BCUT2D eigenvalue weighted by Gasteiger charge is -2.15. The van der Waals surface area contributed by atoms with Crippen molar-refractivity contribution in [2.24, 2.45) is 5.41 Å². The third kappa shape index (κ3) is 3.60. The second kappa shape index (κ2) is 3.13. The van der Waals surface area contributed by atoms with Gasteiger partial charge in [-0.25, -0.2) is 0 Å². The largest absolute Gasteiger partial charge is 0.357 e. The molecule has 0 aromatic heterocycles. The zero-order valence-corrected chi connectivity index (χ0v) is 5.77. The van der Waals surface area contributed by atoms with Gasteiger partial charge in [0, 0.05) is 12.0 Å². The van der Waals surface area contributed by atoms with Crippen LogP contribution < -0.4 is 5.32 Å². The molecule has 1 N–H and O–H groups in total. The molecular weight excluding hydrogens is 114 g/mol. The highest BCUT2D eigenvalue weighted by atomic mass is 16.1. The number of rotatable bonds is 3. The average Bonchev–Trinajstić information content (AvgIpc) is 1.84. The van der Waals surface area contributed by atoms with Gasteiger partial charge < -0.3 is 5.32 Å². The molecule has 2 heteroatoms. The molecule has 0 aliphatic rings. The Hall–Kier alpha value is -0.970. The summed E-state index contributed by atoms with van der Waals surface area (Å²) in [6, 6.07) is 0. The predicted molar refractivity (Wildman–Crippen MR) is 36.7 cm³/mol. The Morgan fingerprint density at radius 2 is 2.33 bits per heavy atom. The van der Waals surface area contributed by atoms with Crippen molar-refractivity contribution in [3.8, 4) is 12.3 Å². The molecule has 9 heavy (non-hydrogen) atoms. The first kappa shape index (κ1) is 8.03. The van der Waals surface area contributed by atoms with Crippen molar-refractivity contribution in [2.45, 2.75) is 13.8 Å². The summed E-state index contributed by atoms with van der Waals surface area (Å²) in [7, 11) is 0. The fourth-order valence-electron chi connectivity index (χ4n) is 0.348. The zero-order valence-electron chi connectivity index (χ0n) is 5.77. The van der Waals surface area contributed by atoms with E-state index in [4.69, 9.17) is 6.42 Å². The number of nitrogens with one attached hydrogen (secondary N) is 1. The van der Waals surface area contributed by atoms with Crippen LogP contribution in [-0.4, -0.2) is 13.0 Å². The molecule has 0 bridgehead atoms. The summed E-state index contributed by atoms with van der Waals surface area (Å²) >= 11 is 0. The van der Waals surface area contributed by atoms with Gasteiger partial charge in [0.05, 0.1) is 0 Å². The molecule has 0 aromatic rings.